The fourth-order valence-corrected chi connectivity index (χ4v) is 4.05. The number of piperidine rings is 1. The molecular formula is C24H32N4O3. The maximum absolute atomic E-state index is 12.9. The van der Waals surface area contributed by atoms with Gasteiger partial charge in [-0.2, -0.15) is 0 Å². The molecule has 2 amide bonds. The number of benzene rings is 1. The average molecular weight is 425 g/mol. The molecule has 1 atom stereocenters. The molecule has 0 unspecified atom stereocenters. The normalized spacial score (nSPS) is 15.5. The van der Waals surface area contributed by atoms with Crippen molar-refractivity contribution in [2.75, 3.05) is 32.9 Å². The third-order valence-corrected chi connectivity index (χ3v) is 5.66. The van der Waals surface area contributed by atoms with Crippen LogP contribution in [0.5, 0.6) is 5.75 Å². The lowest BCUT2D eigenvalue weighted by molar-refractivity contribution is -0.139. The number of anilines is 1. The zero-order valence-corrected chi connectivity index (χ0v) is 19.0. The molecule has 0 spiro atoms. The first kappa shape index (κ1) is 22.6. The monoisotopic (exact) mass is 424 g/mol. The molecule has 1 saturated heterocycles. The second kappa shape index (κ2) is 9.37. The van der Waals surface area contributed by atoms with Gasteiger partial charge in [-0.15, -0.1) is 0 Å². The van der Waals surface area contributed by atoms with Crippen molar-refractivity contribution >= 4 is 17.6 Å². The molecule has 1 aliphatic heterocycles. The zero-order chi connectivity index (χ0) is 22.7. The molecule has 2 N–H and O–H groups in total. The number of carbonyl (C=O) groups is 2. The summed E-state index contributed by atoms with van der Waals surface area (Å²) in [6, 6.07) is 9.60. The fourth-order valence-electron chi connectivity index (χ4n) is 4.05. The highest BCUT2D eigenvalue weighted by Crippen LogP contribution is 2.29. The zero-order valence-electron chi connectivity index (χ0n) is 19.0. The number of rotatable bonds is 5. The van der Waals surface area contributed by atoms with E-state index in [0.29, 0.717) is 18.7 Å². The standard InChI is InChI=1S/C24H32N4O3/c1-15-12-16(2)14-19(13-15)31-17(3)23(29)28-10-8-18(9-11-28)21-7-6-20(22(25)26-21)24(30)27(4)5/h6-7,12-14,17-18H,8-11H2,1-5H3,(H2,25,26)/t17-/m1/s1. The van der Waals surface area contributed by atoms with E-state index in [0.717, 1.165) is 35.4 Å². The van der Waals surface area contributed by atoms with E-state index < -0.39 is 6.10 Å². The molecule has 1 fully saturated rings. The summed E-state index contributed by atoms with van der Waals surface area (Å²) < 4.78 is 5.92. The molecule has 2 heterocycles. The molecule has 1 aliphatic rings. The molecule has 0 radical (unpaired) electrons. The van der Waals surface area contributed by atoms with Gasteiger partial charge < -0.3 is 20.3 Å². The Bertz CT molecular complexity index is 945. The van der Waals surface area contributed by atoms with Crippen LogP contribution in [-0.2, 0) is 4.79 Å². The van der Waals surface area contributed by atoms with Gasteiger partial charge in [0.05, 0.1) is 5.56 Å². The number of amides is 2. The van der Waals surface area contributed by atoms with E-state index in [-0.39, 0.29) is 23.6 Å². The second-order valence-corrected chi connectivity index (χ2v) is 8.55. The van der Waals surface area contributed by atoms with Gasteiger partial charge >= 0.3 is 0 Å². The Morgan fingerprint density at radius 1 is 1.13 bits per heavy atom. The quantitative estimate of drug-likeness (QED) is 0.796. The molecule has 0 bridgehead atoms. The van der Waals surface area contributed by atoms with E-state index in [1.807, 2.05) is 36.9 Å². The fraction of sp³-hybridized carbons (Fsp3) is 0.458. The first-order valence-corrected chi connectivity index (χ1v) is 10.7. The van der Waals surface area contributed by atoms with E-state index in [1.165, 1.54) is 4.90 Å². The molecule has 0 aliphatic carbocycles. The van der Waals surface area contributed by atoms with Crippen LogP contribution < -0.4 is 10.5 Å². The van der Waals surface area contributed by atoms with E-state index in [1.54, 1.807) is 27.1 Å². The summed E-state index contributed by atoms with van der Waals surface area (Å²) in [4.78, 5) is 32.9. The molecule has 1 aromatic carbocycles. The minimum atomic E-state index is -0.539. The first-order chi connectivity index (χ1) is 14.7. The van der Waals surface area contributed by atoms with Crippen LogP contribution in [0, 0.1) is 13.8 Å². The van der Waals surface area contributed by atoms with Crippen molar-refractivity contribution < 1.29 is 14.3 Å². The van der Waals surface area contributed by atoms with Crippen molar-refractivity contribution in [1.82, 2.24) is 14.8 Å². The number of aryl methyl sites for hydroxylation is 2. The number of likely N-dealkylation sites (tertiary alicyclic amines) is 1. The summed E-state index contributed by atoms with van der Waals surface area (Å²) in [5.41, 5.74) is 9.55. The van der Waals surface area contributed by atoms with Gasteiger partial charge in [-0.05, 0) is 69.0 Å². The van der Waals surface area contributed by atoms with Gasteiger partial charge in [-0.3, -0.25) is 9.59 Å². The lowest BCUT2D eigenvalue weighted by Crippen LogP contribution is -2.44. The molecule has 3 rings (SSSR count). The van der Waals surface area contributed by atoms with Gasteiger partial charge in [0.2, 0.25) is 0 Å². The number of hydrogen-bond donors (Lipinski definition) is 1. The van der Waals surface area contributed by atoms with Crippen LogP contribution in [-0.4, -0.2) is 59.9 Å². The molecule has 7 heteroatoms. The highest BCUT2D eigenvalue weighted by molar-refractivity contribution is 5.98. The van der Waals surface area contributed by atoms with E-state index >= 15 is 0 Å². The molecule has 0 saturated carbocycles. The Morgan fingerprint density at radius 3 is 2.29 bits per heavy atom. The number of nitrogens with zero attached hydrogens (tertiary/aromatic N) is 3. The van der Waals surface area contributed by atoms with Gasteiger partial charge in [0.25, 0.3) is 11.8 Å². The van der Waals surface area contributed by atoms with E-state index in [4.69, 9.17) is 10.5 Å². The Kier molecular flexibility index (Phi) is 6.83. The predicted molar refractivity (Wildman–Crippen MR) is 121 cm³/mol. The smallest absolute Gasteiger partial charge is 0.263 e. The third kappa shape index (κ3) is 5.34. The van der Waals surface area contributed by atoms with Crippen molar-refractivity contribution in [3.8, 4) is 5.75 Å². The Balaban J connectivity index is 1.59. The highest BCUT2D eigenvalue weighted by atomic mass is 16.5. The number of ether oxygens (including phenoxy) is 1. The summed E-state index contributed by atoms with van der Waals surface area (Å²) >= 11 is 0. The Morgan fingerprint density at radius 2 is 1.74 bits per heavy atom. The number of nitrogens with two attached hydrogens (primary N) is 1. The predicted octanol–water partition coefficient (Wildman–Crippen LogP) is 3.16. The summed E-state index contributed by atoms with van der Waals surface area (Å²) in [5, 5.41) is 0. The Labute approximate surface area is 184 Å². The summed E-state index contributed by atoms with van der Waals surface area (Å²) in [6.45, 7) is 7.12. The number of aromatic nitrogens is 1. The van der Waals surface area contributed by atoms with Crippen LogP contribution in [0.1, 0.15) is 52.9 Å². The summed E-state index contributed by atoms with van der Waals surface area (Å²) in [5.74, 6) is 1.03. The molecule has 2 aromatic rings. The van der Waals surface area contributed by atoms with Gasteiger partial charge in [-0.1, -0.05) is 6.07 Å². The van der Waals surface area contributed by atoms with Crippen LogP contribution in [0.2, 0.25) is 0 Å². The second-order valence-electron chi connectivity index (χ2n) is 8.55. The molecule has 7 nitrogen and oxygen atoms in total. The number of nitrogen functional groups attached to an aromatic ring is 1. The third-order valence-electron chi connectivity index (χ3n) is 5.66. The van der Waals surface area contributed by atoms with Crippen molar-refractivity contribution in [1.29, 1.82) is 0 Å². The number of hydrogen-bond acceptors (Lipinski definition) is 5. The lowest BCUT2D eigenvalue weighted by Gasteiger charge is -2.33. The minimum absolute atomic E-state index is 0.00277. The topological polar surface area (TPSA) is 88.8 Å². The molecular weight excluding hydrogens is 392 g/mol. The Hall–Kier alpha value is -3.09. The van der Waals surface area contributed by atoms with Crippen molar-refractivity contribution in [2.24, 2.45) is 0 Å². The maximum atomic E-state index is 12.9. The van der Waals surface area contributed by atoms with Crippen LogP contribution >= 0.6 is 0 Å². The number of pyridine rings is 1. The van der Waals surface area contributed by atoms with Crippen LogP contribution in [0.25, 0.3) is 0 Å². The number of carbonyl (C=O) groups excluding carboxylic acids is 2. The first-order valence-electron chi connectivity index (χ1n) is 10.7. The van der Waals surface area contributed by atoms with E-state index in [9.17, 15) is 9.59 Å². The summed E-state index contributed by atoms with van der Waals surface area (Å²) in [6.07, 6.45) is 1.06. The van der Waals surface area contributed by atoms with Crippen LogP contribution in [0.3, 0.4) is 0 Å². The van der Waals surface area contributed by atoms with Gasteiger partial charge in [0.1, 0.15) is 11.6 Å². The van der Waals surface area contributed by atoms with Gasteiger partial charge in [-0.25, -0.2) is 4.98 Å². The minimum Gasteiger partial charge on any atom is -0.481 e. The van der Waals surface area contributed by atoms with Crippen molar-refractivity contribution in [3.63, 3.8) is 0 Å². The maximum Gasteiger partial charge on any atom is 0.263 e. The van der Waals surface area contributed by atoms with Gasteiger partial charge in [0, 0.05) is 38.8 Å². The largest absolute Gasteiger partial charge is 0.481 e. The molecule has 31 heavy (non-hydrogen) atoms. The average Bonchev–Trinajstić information content (AvgIpc) is 2.72. The summed E-state index contributed by atoms with van der Waals surface area (Å²) in [7, 11) is 3.38. The lowest BCUT2D eigenvalue weighted by atomic mass is 9.92. The van der Waals surface area contributed by atoms with Crippen molar-refractivity contribution in [3.05, 3.63) is 52.7 Å². The van der Waals surface area contributed by atoms with Gasteiger partial charge in [0.15, 0.2) is 6.10 Å². The highest BCUT2D eigenvalue weighted by Gasteiger charge is 2.29. The van der Waals surface area contributed by atoms with Crippen LogP contribution in [0.15, 0.2) is 30.3 Å². The molecule has 1 aromatic heterocycles. The van der Waals surface area contributed by atoms with Crippen LogP contribution in [0.4, 0.5) is 5.82 Å². The molecule has 166 valence electrons. The SMILES string of the molecule is Cc1cc(C)cc(O[C@H](C)C(=O)N2CCC(c3ccc(C(=O)N(C)C)c(N)n3)CC2)c1. The van der Waals surface area contributed by atoms with E-state index in [2.05, 4.69) is 11.1 Å². The van der Waals surface area contributed by atoms with Crippen molar-refractivity contribution in [2.45, 2.75) is 45.6 Å².